The van der Waals surface area contributed by atoms with Crippen LogP contribution in [0.15, 0.2) is 54.7 Å². The van der Waals surface area contributed by atoms with E-state index in [0.717, 1.165) is 30.3 Å². The van der Waals surface area contributed by atoms with Crippen LogP contribution in [0.5, 0.6) is 5.75 Å². The molecule has 1 fully saturated rings. The molecule has 0 radical (unpaired) electrons. The molecule has 0 aliphatic carbocycles. The molecule has 2 N–H and O–H groups in total. The van der Waals surface area contributed by atoms with Gasteiger partial charge in [-0.3, -0.25) is 0 Å². The third-order valence-corrected chi connectivity index (χ3v) is 5.97. The third-order valence-electron chi connectivity index (χ3n) is 5.97. The van der Waals surface area contributed by atoms with E-state index in [-0.39, 0.29) is 0 Å². The SMILES string of the molecule is O=C(O)Oc1ccc2[nH]cc(CCCCN3CCC(c4ccccc4)CC3)c2c1. The van der Waals surface area contributed by atoms with E-state index >= 15 is 0 Å². The Bertz CT molecular complexity index is 943. The lowest BCUT2D eigenvalue weighted by Gasteiger charge is -2.32. The van der Waals surface area contributed by atoms with Gasteiger partial charge in [-0.2, -0.15) is 0 Å². The number of H-pyrrole nitrogens is 1. The summed E-state index contributed by atoms with van der Waals surface area (Å²) in [6, 6.07) is 16.2. The van der Waals surface area contributed by atoms with Crippen molar-refractivity contribution in [2.24, 2.45) is 0 Å². The van der Waals surface area contributed by atoms with Gasteiger partial charge in [0, 0.05) is 17.1 Å². The zero-order valence-electron chi connectivity index (χ0n) is 16.6. The Balaban J connectivity index is 1.23. The van der Waals surface area contributed by atoms with Crippen molar-refractivity contribution in [1.82, 2.24) is 9.88 Å². The molecule has 1 aliphatic heterocycles. The monoisotopic (exact) mass is 392 g/mol. The zero-order valence-corrected chi connectivity index (χ0v) is 16.6. The highest BCUT2D eigenvalue weighted by Gasteiger charge is 2.19. The summed E-state index contributed by atoms with van der Waals surface area (Å²) in [6.07, 6.45) is 6.52. The van der Waals surface area contributed by atoms with Crippen LogP contribution in [0.25, 0.3) is 10.9 Å². The smallest absolute Gasteiger partial charge is 0.449 e. The normalized spacial score (nSPS) is 15.6. The first-order valence-corrected chi connectivity index (χ1v) is 10.5. The minimum atomic E-state index is -1.28. The Kier molecular flexibility index (Phi) is 6.15. The van der Waals surface area contributed by atoms with E-state index in [9.17, 15) is 4.79 Å². The van der Waals surface area contributed by atoms with Crippen LogP contribution >= 0.6 is 0 Å². The average Bonchev–Trinajstić information content (AvgIpc) is 3.14. The molecule has 1 aliphatic rings. The summed E-state index contributed by atoms with van der Waals surface area (Å²) in [6.45, 7) is 3.52. The number of fused-ring (bicyclic) bond motifs is 1. The number of likely N-dealkylation sites (tertiary alicyclic amines) is 1. The molecule has 0 atom stereocenters. The van der Waals surface area contributed by atoms with E-state index in [1.54, 1.807) is 6.07 Å². The summed E-state index contributed by atoms with van der Waals surface area (Å²) in [5.41, 5.74) is 3.72. The van der Waals surface area contributed by atoms with Crippen LogP contribution in [0.4, 0.5) is 4.79 Å². The Morgan fingerprint density at radius 3 is 2.66 bits per heavy atom. The number of aromatic amines is 1. The number of nitrogens with zero attached hydrogens (tertiary/aromatic N) is 1. The highest BCUT2D eigenvalue weighted by molar-refractivity contribution is 5.85. The molecule has 0 saturated carbocycles. The van der Waals surface area contributed by atoms with Crippen LogP contribution in [0.2, 0.25) is 0 Å². The molecule has 0 spiro atoms. The van der Waals surface area contributed by atoms with Gasteiger partial charge in [-0.1, -0.05) is 30.3 Å². The molecule has 152 valence electrons. The van der Waals surface area contributed by atoms with Crippen molar-refractivity contribution in [2.75, 3.05) is 19.6 Å². The maximum absolute atomic E-state index is 10.8. The number of unbranched alkanes of at least 4 members (excludes halogenated alkanes) is 1. The fraction of sp³-hybridized carbons (Fsp3) is 0.375. The number of piperidine rings is 1. The maximum Gasteiger partial charge on any atom is 0.511 e. The van der Waals surface area contributed by atoms with Gasteiger partial charge in [-0.05, 0) is 87.0 Å². The van der Waals surface area contributed by atoms with E-state index < -0.39 is 6.16 Å². The van der Waals surface area contributed by atoms with Crippen LogP contribution in [-0.2, 0) is 6.42 Å². The van der Waals surface area contributed by atoms with E-state index in [1.807, 2.05) is 18.3 Å². The van der Waals surface area contributed by atoms with Crippen molar-refractivity contribution in [3.05, 3.63) is 65.9 Å². The second-order valence-electron chi connectivity index (χ2n) is 7.87. The summed E-state index contributed by atoms with van der Waals surface area (Å²) in [5, 5.41) is 9.85. The van der Waals surface area contributed by atoms with Gasteiger partial charge >= 0.3 is 6.16 Å². The molecule has 0 unspecified atom stereocenters. The molecule has 5 heteroatoms. The first-order valence-electron chi connectivity index (χ1n) is 10.5. The highest BCUT2D eigenvalue weighted by Crippen LogP contribution is 2.28. The van der Waals surface area contributed by atoms with Gasteiger partial charge in [-0.15, -0.1) is 0 Å². The lowest BCUT2D eigenvalue weighted by atomic mass is 9.89. The van der Waals surface area contributed by atoms with E-state index in [0.29, 0.717) is 11.7 Å². The lowest BCUT2D eigenvalue weighted by Crippen LogP contribution is -2.33. The molecule has 1 aromatic heterocycles. The summed E-state index contributed by atoms with van der Waals surface area (Å²) < 4.78 is 4.79. The van der Waals surface area contributed by atoms with Gasteiger partial charge in [0.25, 0.3) is 0 Å². The van der Waals surface area contributed by atoms with Crippen LogP contribution in [0.3, 0.4) is 0 Å². The van der Waals surface area contributed by atoms with Gasteiger partial charge < -0.3 is 19.7 Å². The topological polar surface area (TPSA) is 65.6 Å². The summed E-state index contributed by atoms with van der Waals surface area (Å²) >= 11 is 0. The molecule has 1 saturated heterocycles. The van der Waals surface area contributed by atoms with E-state index in [4.69, 9.17) is 9.84 Å². The Morgan fingerprint density at radius 1 is 1.10 bits per heavy atom. The molecule has 29 heavy (non-hydrogen) atoms. The molecule has 2 aromatic carbocycles. The first kappa shape index (κ1) is 19.5. The van der Waals surface area contributed by atoms with Crippen molar-refractivity contribution in [3.63, 3.8) is 0 Å². The van der Waals surface area contributed by atoms with Gasteiger partial charge in [0.05, 0.1) is 0 Å². The zero-order chi connectivity index (χ0) is 20.1. The molecule has 2 heterocycles. The van der Waals surface area contributed by atoms with Crippen LogP contribution < -0.4 is 4.74 Å². The van der Waals surface area contributed by atoms with E-state index in [1.165, 1.54) is 43.5 Å². The maximum atomic E-state index is 10.8. The molecular weight excluding hydrogens is 364 g/mol. The number of rotatable bonds is 7. The molecule has 0 amide bonds. The fourth-order valence-corrected chi connectivity index (χ4v) is 4.39. The fourth-order valence-electron chi connectivity index (χ4n) is 4.39. The summed E-state index contributed by atoms with van der Waals surface area (Å²) in [7, 11) is 0. The van der Waals surface area contributed by atoms with Gasteiger partial charge in [0.2, 0.25) is 0 Å². The second-order valence-corrected chi connectivity index (χ2v) is 7.87. The number of ether oxygens (including phenoxy) is 1. The third kappa shape index (κ3) is 4.98. The molecule has 4 rings (SSSR count). The number of aryl methyl sites for hydroxylation is 1. The number of carboxylic acid groups (broad SMARTS) is 1. The minimum Gasteiger partial charge on any atom is -0.449 e. The number of carbonyl (C=O) groups is 1. The van der Waals surface area contributed by atoms with Gasteiger partial charge in [0.15, 0.2) is 0 Å². The predicted molar refractivity (Wildman–Crippen MR) is 115 cm³/mol. The largest absolute Gasteiger partial charge is 0.511 e. The lowest BCUT2D eigenvalue weighted by molar-refractivity contribution is 0.144. The number of hydrogen-bond donors (Lipinski definition) is 2. The van der Waals surface area contributed by atoms with Crippen LogP contribution in [0, 0.1) is 0 Å². The highest BCUT2D eigenvalue weighted by atomic mass is 16.7. The van der Waals surface area contributed by atoms with Gasteiger partial charge in [-0.25, -0.2) is 4.79 Å². The van der Waals surface area contributed by atoms with Crippen molar-refractivity contribution in [3.8, 4) is 5.75 Å². The number of nitrogens with one attached hydrogen (secondary N) is 1. The predicted octanol–water partition coefficient (Wildman–Crippen LogP) is 5.43. The Hall–Kier alpha value is -2.79. The minimum absolute atomic E-state index is 0.368. The van der Waals surface area contributed by atoms with Gasteiger partial charge in [0.1, 0.15) is 5.75 Å². The van der Waals surface area contributed by atoms with Crippen molar-refractivity contribution in [1.29, 1.82) is 0 Å². The number of aromatic nitrogens is 1. The Labute approximate surface area is 171 Å². The Morgan fingerprint density at radius 2 is 1.90 bits per heavy atom. The van der Waals surface area contributed by atoms with Crippen molar-refractivity contribution < 1.29 is 14.6 Å². The summed E-state index contributed by atoms with van der Waals surface area (Å²) in [5.74, 6) is 1.08. The second kappa shape index (κ2) is 9.14. The van der Waals surface area contributed by atoms with Crippen LogP contribution in [0.1, 0.15) is 42.7 Å². The first-order chi connectivity index (χ1) is 14.2. The van der Waals surface area contributed by atoms with Crippen molar-refractivity contribution in [2.45, 2.75) is 38.0 Å². The number of hydrogen-bond acceptors (Lipinski definition) is 3. The van der Waals surface area contributed by atoms with Crippen LogP contribution in [-0.4, -0.2) is 40.8 Å². The van der Waals surface area contributed by atoms with E-state index in [2.05, 4.69) is 40.2 Å². The van der Waals surface area contributed by atoms with Crippen molar-refractivity contribution >= 4 is 17.1 Å². The summed E-state index contributed by atoms with van der Waals surface area (Å²) in [4.78, 5) is 16.6. The average molecular weight is 392 g/mol. The molecule has 5 nitrogen and oxygen atoms in total. The number of benzene rings is 2. The quantitative estimate of drug-likeness (QED) is 0.320. The standard InChI is InChI=1S/C24H28N2O3/c27-24(28)29-21-9-10-23-22(16-21)20(17-25-23)8-4-5-13-26-14-11-19(12-15-26)18-6-2-1-3-7-18/h1-3,6-7,9-10,16-17,19,25H,4-5,8,11-15H2,(H,27,28). The molecule has 0 bridgehead atoms. The molecule has 3 aromatic rings. The molecular formula is C24H28N2O3.